The molecule has 0 spiro atoms. The molecule has 0 radical (unpaired) electrons. The van der Waals surface area contributed by atoms with E-state index in [4.69, 9.17) is 0 Å². The summed E-state index contributed by atoms with van der Waals surface area (Å²) in [5.41, 5.74) is 1.44. The fraction of sp³-hybridized carbons (Fsp3) is 0.176. The van der Waals surface area contributed by atoms with E-state index in [1.165, 1.54) is 6.20 Å². The van der Waals surface area contributed by atoms with Crippen molar-refractivity contribution in [3.05, 3.63) is 72.9 Å². The molecule has 1 aromatic carbocycles. The molecule has 124 valence electrons. The molecule has 3 rings (SSSR count). The van der Waals surface area contributed by atoms with Crippen molar-refractivity contribution in [2.24, 2.45) is 0 Å². The van der Waals surface area contributed by atoms with Gasteiger partial charge in [-0.15, -0.1) is 0 Å². The van der Waals surface area contributed by atoms with Gasteiger partial charge in [-0.1, -0.05) is 37.3 Å². The zero-order valence-electron chi connectivity index (χ0n) is 13.2. The average molecular weight is 342 g/mol. The van der Waals surface area contributed by atoms with E-state index in [0.29, 0.717) is 11.5 Å². The summed E-state index contributed by atoms with van der Waals surface area (Å²) in [5, 5.41) is 0. The Kier molecular flexibility index (Phi) is 4.61. The summed E-state index contributed by atoms with van der Waals surface area (Å²) in [6, 6.07) is 13.0. The van der Waals surface area contributed by atoms with Gasteiger partial charge in [-0.3, -0.25) is 9.29 Å². The van der Waals surface area contributed by atoms with Crippen molar-refractivity contribution >= 4 is 15.7 Å². The molecule has 0 unspecified atom stereocenters. The Balaban J connectivity index is 1.68. The first-order chi connectivity index (χ1) is 11.5. The summed E-state index contributed by atoms with van der Waals surface area (Å²) in [7, 11) is -3.46. The Morgan fingerprint density at radius 2 is 1.96 bits per heavy atom. The van der Waals surface area contributed by atoms with Gasteiger partial charge in [-0.25, -0.2) is 18.4 Å². The Hall–Kier alpha value is -2.67. The summed E-state index contributed by atoms with van der Waals surface area (Å²) < 4.78 is 29.0. The summed E-state index contributed by atoms with van der Waals surface area (Å²) in [4.78, 5) is 8.19. The molecule has 2 heterocycles. The molecule has 24 heavy (non-hydrogen) atoms. The largest absolute Gasteiger partial charge is 0.291 e. The molecule has 0 fully saturated rings. The first kappa shape index (κ1) is 16.2. The molecular formula is C17H18N4O2S. The van der Waals surface area contributed by atoms with Crippen molar-refractivity contribution in [1.82, 2.24) is 14.5 Å². The molecule has 0 amide bonds. The second kappa shape index (κ2) is 6.84. The Bertz CT molecular complexity index is 876. The van der Waals surface area contributed by atoms with E-state index in [1.54, 1.807) is 35.4 Å². The molecule has 7 heteroatoms. The van der Waals surface area contributed by atoms with E-state index in [0.717, 1.165) is 5.56 Å². The highest BCUT2D eigenvalue weighted by Gasteiger charge is 2.17. The number of hydrogen-bond donors (Lipinski definition) is 1. The third-order valence-corrected chi connectivity index (χ3v) is 5.11. The number of rotatable bonds is 6. The molecular weight excluding hydrogens is 324 g/mol. The van der Waals surface area contributed by atoms with E-state index < -0.39 is 10.0 Å². The highest BCUT2D eigenvalue weighted by Crippen LogP contribution is 2.18. The van der Waals surface area contributed by atoms with Crippen molar-refractivity contribution in [3.8, 4) is 5.82 Å². The van der Waals surface area contributed by atoms with Crippen LogP contribution < -0.4 is 4.72 Å². The predicted octanol–water partition coefficient (Wildman–Crippen LogP) is 2.81. The van der Waals surface area contributed by atoms with E-state index in [2.05, 4.69) is 14.7 Å². The summed E-state index contributed by atoms with van der Waals surface area (Å²) in [6.07, 6.45) is 6.56. The topological polar surface area (TPSA) is 76.9 Å². The number of pyridine rings is 1. The average Bonchev–Trinajstić information content (AvgIpc) is 3.10. The minimum atomic E-state index is -3.46. The molecule has 0 saturated heterocycles. The SMILES string of the molecule is C[C@@H](CS(=O)(=O)Nc1ccc(-n2ccnc2)nc1)c1ccccc1. The third kappa shape index (κ3) is 3.99. The smallest absolute Gasteiger partial charge is 0.233 e. The molecule has 0 aliphatic carbocycles. The highest BCUT2D eigenvalue weighted by atomic mass is 32.2. The predicted molar refractivity (Wildman–Crippen MR) is 93.6 cm³/mol. The number of benzene rings is 1. The van der Waals surface area contributed by atoms with Crippen LogP contribution in [0.25, 0.3) is 5.82 Å². The van der Waals surface area contributed by atoms with Crippen LogP contribution in [-0.2, 0) is 10.0 Å². The summed E-state index contributed by atoms with van der Waals surface area (Å²) in [5.74, 6) is 0.593. The lowest BCUT2D eigenvalue weighted by molar-refractivity contribution is 0.595. The number of nitrogens with one attached hydrogen (secondary N) is 1. The molecule has 6 nitrogen and oxygen atoms in total. The number of sulfonamides is 1. The van der Waals surface area contributed by atoms with E-state index >= 15 is 0 Å². The van der Waals surface area contributed by atoms with Crippen LogP contribution in [0.1, 0.15) is 18.4 Å². The second-order valence-electron chi connectivity index (χ2n) is 5.57. The Morgan fingerprint density at radius 1 is 1.17 bits per heavy atom. The number of nitrogens with zero attached hydrogens (tertiary/aromatic N) is 3. The molecule has 0 aliphatic heterocycles. The highest BCUT2D eigenvalue weighted by molar-refractivity contribution is 7.92. The quantitative estimate of drug-likeness (QED) is 0.747. The van der Waals surface area contributed by atoms with Crippen LogP contribution >= 0.6 is 0 Å². The van der Waals surface area contributed by atoms with E-state index in [9.17, 15) is 8.42 Å². The molecule has 2 aromatic heterocycles. The second-order valence-corrected chi connectivity index (χ2v) is 7.34. The molecule has 0 saturated carbocycles. The molecule has 3 aromatic rings. The van der Waals surface area contributed by atoms with Gasteiger partial charge >= 0.3 is 0 Å². The maximum Gasteiger partial charge on any atom is 0.233 e. The van der Waals surface area contributed by atoms with Crippen LogP contribution in [0.3, 0.4) is 0 Å². The van der Waals surface area contributed by atoms with Crippen molar-refractivity contribution in [2.75, 3.05) is 10.5 Å². The van der Waals surface area contributed by atoms with Gasteiger partial charge in [0.2, 0.25) is 10.0 Å². The van der Waals surface area contributed by atoms with Crippen LogP contribution in [0.5, 0.6) is 0 Å². The van der Waals surface area contributed by atoms with Crippen LogP contribution in [0.4, 0.5) is 5.69 Å². The van der Waals surface area contributed by atoms with Gasteiger partial charge in [-0.2, -0.15) is 0 Å². The van der Waals surface area contributed by atoms with Gasteiger partial charge in [0, 0.05) is 12.4 Å². The van der Waals surface area contributed by atoms with Crippen molar-refractivity contribution in [3.63, 3.8) is 0 Å². The van der Waals surface area contributed by atoms with E-state index in [1.807, 2.05) is 37.3 Å². The normalized spacial score (nSPS) is 12.7. The fourth-order valence-corrected chi connectivity index (χ4v) is 3.84. The lowest BCUT2D eigenvalue weighted by atomic mass is 10.0. The lowest BCUT2D eigenvalue weighted by Crippen LogP contribution is -2.20. The van der Waals surface area contributed by atoms with Crippen LogP contribution in [0, 0.1) is 0 Å². The minimum Gasteiger partial charge on any atom is -0.291 e. The molecule has 1 N–H and O–H groups in total. The van der Waals surface area contributed by atoms with Crippen molar-refractivity contribution in [1.29, 1.82) is 0 Å². The maximum absolute atomic E-state index is 12.3. The maximum atomic E-state index is 12.3. The first-order valence-corrected chi connectivity index (χ1v) is 9.18. The van der Waals surface area contributed by atoms with Crippen molar-refractivity contribution in [2.45, 2.75) is 12.8 Å². The van der Waals surface area contributed by atoms with Gasteiger partial charge in [0.05, 0.1) is 17.6 Å². The third-order valence-electron chi connectivity index (χ3n) is 3.63. The zero-order valence-corrected chi connectivity index (χ0v) is 14.0. The molecule has 0 bridgehead atoms. The van der Waals surface area contributed by atoms with Gasteiger partial charge in [0.15, 0.2) is 0 Å². The molecule has 1 atom stereocenters. The number of aromatic nitrogens is 3. The van der Waals surface area contributed by atoms with Gasteiger partial charge in [0.25, 0.3) is 0 Å². The standard InChI is InChI=1S/C17H18N4O2S/c1-14(15-5-3-2-4-6-15)12-24(22,23)20-16-7-8-17(19-11-16)21-10-9-18-13-21/h2-11,13-14,20H,12H2,1H3/t14-/m0/s1. The Labute approximate surface area is 141 Å². The van der Waals surface area contributed by atoms with E-state index in [-0.39, 0.29) is 11.7 Å². The number of hydrogen-bond acceptors (Lipinski definition) is 4. The van der Waals surface area contributed by atoms with Gasteiger partial charge in [0.1, 0.15) is 12.1 Å². The Morgan fingerprint density at radius 3 is 2.58 bits per heavy atom. The minimum absolute atomic E-state index is 0.0142. The summed E-state index contributed by atoms with van der Waals surface area (Å²) >= 11 is 0. The number of anilines is 1. The fourth-order valence-electron chi connectivity index (χ4n) is 2.42. The van der Waals surface area contributed by atoms with Crippen LogP contribution in [0.15, 0.2) is 67.4 Å². The zero-order chi connectivity index (χ0) is 17.0. The first-order valence-electron chi connectivity index (χ1n) is 7.53. The van der Waals surface area contributed by atoms with Crippen molar-refractivity contribution < 1.29 is 8.42 Å². The van der Waals surface area contributed by atoms with Crippen LogP contribution in [-0.4, -0.2) is 28.7 Å². The monoisotopic (exact) mass is 342 g/mol. The van der Waals surface area contributed by atoms with Gasteiger partial charge in [-0.05, 0) is 23.6 Å². The van der Waals surface area contributed by atoms with Gasteiger partial charge < -0.3 is 0 Å². The number of imidazole rings is 1. The lowest BCUT2D eigenvalue weighted by Gasteiger charge is -2.14. The molecule has 0 aliphatic rings. The summed E-state index contributed by atoms with van der Waals surface area (Å²) in [6.45, 7) is 1.90. The van der Waals surface area contributed by atoms with Crippen LogP contribution in [0.2, 0.25) is 0 Å².